The van der Waals surface area contributed by atoms with Crippen molar-refractivity contribution in [2.75, 3.05) is 5.73 Å². The molecule has 1 aromatic heterocycles. The maximum absolute atomic E-state index is 9.55. The Morgan fingerprint density at radius 3 is 2.19 bits per heavy atom. The molecule has 3 aromatic rings. The van der Waals surface area contributed by atoms with E-state index in [0.717, 1.165) is 29.2 Å². The quantitative estimate of drug-likeness (QED) is 0.684. The molecule has 0 spiro atoms. The van der Waals surface area contributed by atoms with E-state index >= 15 is 0 Å². The maximum atomic E-state index is 9.55. The van der Waals surface area contributed by atoms with Crippen molar-refractivity contribution in [1.82, 2.24) is 4.57 Å². The van der Waals surface area contributed by atoms with Crippen molar-refractivity contribution in [2.24, 2.45) is 5.41 Å². The molecule has 26 heavy (non-hydrogen) atoms. The first-order valence-corrected chi connectivity index (χ1v) is 8.59. The normalized spacial score (nSPS) is 11.2. The first-order chi connectivity index (χ1) is 12.4. The summed E-state index contributed by atoms with van der Waals surface area (Å²) in [5, 5.41) is 9.55. The Morgan fingerprint density at radius 2 is 1.62 bits per heavy atom. The van der Waals surface area contributed by atoms with Gasteiger partial charge in [-0.15, -0.1) is 0 Å². The number of para-hydroxylation sites is 1. The molecule has 0 unspecified atom stereocenters. The van der Waals surface area contributed by atoms with Gasteiger partial charge in [0, 0.05) is 18.3 Å². The molecule has 132 valence electrons. The lowest BCUT2D eigenvalue weighted by Gasteiger charge is -2.19. The third kappa shape index (κ3) is 3.89. The number of nitriles is 1. The molecule has 0 aliphatic carbocycles. The average molecular weight is 345 g/mol. The summed E-state index contributed by atoms with van der Waals surface area (Å²) in [5.74, 6) is 2.06. The fourth-order valence-corrected chi connectivity index (χ4v) is 2.88. The second-order valence-electron chi connectivity index (χ2n) is 7.54. The summed E-state index contributed by atoms with van der Waals surface area (Å²) in [5.41, 5.74) is 8.59. The van der Waals surface area contributed by atoms with E-state index < -0.39 is 0 Å². The van der Waals surface area contributed by atoms with E-state index in [0.29, 0.717) is 11.4 Å². The molecule has 4 heteroatoms. The van der Waals surface area contributed by atoms with Gasteiger partial charge in [0.2, 0.25) is 0 Å². The number of nitrogens with zero attached hydrogens (tertiary/aromatic N) is 2. The fraction of sp³-hybridized carbons (Fsp3) is 0.227. The number of hydrogen-bond donors (Lipinski definition) is 1. The number of benzene rings is 2. The van der Waals surface area contributed by atoms with Crippen LogP contribution >= 0.6 is 0 Å². The van der Waals surface area contributed by atoms with Gasteiger partial charge in [0.15, 0.2) is 0 Å². The Hall–Kier alpha value is -3.19. The second kappa shape index (κ2) is 6.97. The first kappa shape index (κ1) is 17.6. The number of rotatable bonds is 4. The summed E-state index contributed by atoms with van der Waals surface area (Å²) in [6.45, 7) is 7.19. The molecule has 2 aromatic carbocycles. The van der Waals surface area contributed by atoms with Gasteiger partial charge >= 0.3 is 0 Å². The van der Waals surface area contributed by atoms with E-state index in [1.807, 2.05) is 65.4 Å². The van der Waals surface area contributed by atoms with Crippen LogP contribution in [0.25, 0.3) is 11.1 Å². The number of aromatic nitrogens is 1. The van der Waals surface area contributed by atoms with E-state index in [2.05, 4.69) is 26.8 Å². The minimum atomic E-state index is 0.0739. The average Bonchev–Trinajstić information content (AvgIpc) is 2.90. The smallest absolute Gasteiger partial charge is 0.127 e. The highest BCUT2D eigenvalue weighted by Gasteiger charge is 2.19. The Kier molecular flexibility index (Phi) is 4.73. The fourth-order valence-electron chi connectivity index (χ4n) is 2.88. The molecule has 0 radical (unpaired) electrons. The lowest BCUT2D eigenvalue weighted by Crippen LogP contribution is -2.16. The number of anilines is 1. The Labute approximate surface area is 154 Å². The number of nitrogen functional groups attached to an aromatic ring is 1. The first-order valence-electron chi connectivity index (χ1n) is 8.59. The topological polar surface area (TPSA) is 64.0 Å². The zero-order valence-corrected chi connectivity index (χ0v) is 15.4. The molecule has 0 aliphatic heterocycles. The van der Waals surface area contributed by atoms with Gasteiger partial charge in [-0.25, -0.2) is 0 Å². The van der Waals surface area contributed by atoms with Crippen LogP contribution in [-0.4, -0.2) is 4.57 Å². The molecule has 1 heterocycles. The van der Waals surface area contributed by atoms with Crippen molar-refractivity contribution >= 4 is 5.82 Å². The zero-order chi connectivity index (χ0) is 18.7. The molecular weight excluding hydrogens is 322 g/mol. The van der Waals surface area contributed by atoms with Crippen molar-refractivity contribution in [3.63, 3.8) is 0 Å². The van der Waals surface area contributed by atoms with Crippen LogP contribution in [0.2, 0.25) is 0 Å². The van der Waals surface area contributed by atoms with E-state index in [9.17, 15) is 5.26 Å². The summed E-state index contributed by atoms with van der Waals surface area (Å²) < 4.78 is 7.79. The molecule has 0 atom stereocenters. The molecule has 4 nitrogen and oxygen atoms in total. The van der Waals surface area contributed by atoms with Crippen LogP contribution in [0.5, 0.6) is 11.5 Å². The Morgan fingerprint density at radius 1 is 1.00 bits per heavy atom. The predicted octanol–water partition coefficient (Wildman–Crippen LogP) is 5.45. The minimum Gasteiger partial charge on any atom is -0.457 e. The SMILES string of the molecule is CC(C)(C)Cn1cc(-c2ccc(Oc3ccccc3)cc2)c(C#N)c1N. The van der Waals surface area contributed by atoms with Crippen molar-refractivity contribution in [2.45, 2.75) is 27.3 Å². The lowest BCUT2D eigenvalue weighted by atomic mass is 9.97. The highest BCUT2D eigenvalue weighted by atomic mass is 16.5. The maximum Gasteiger partial charge on any atom is 0.127 e. The second-order valence-corrected chi connectivity index (χ2v) is 7.54. The highest BCUT2D eigenvalue weighted by molar-refractivity contribution is 5.76. The van der Waals surface area contributed by atoms with Crippen molar-refractivity contribution in [1.29, 1.82) is 5.26 Å². The van der Waals surface area contributed by atoms with Gasteiger partial charge in [0.25, 0.3) is 0 Å². The van der Waals surface area contributed by atoms with Gasteiger partial charge in [-0.1, -0.05) is 51.1 Å². The van der Waals surface area contributed by atoms with Crippen LogP contribution in [0, 0.1) is 16.7 Å². The van der Waals surface area contributed by atoms with Gasteiger partial charge in [-0.2, -0.15) is 5.26 Å². The van der Waals surface area contributed by atoms with Gasteiger partial charge < -0.3 is 15.0 Å². The largest absolute Gasteiger partial charge is 0.457 e. The third-order valence-corrected chi connectivity index (χ3v) is 4.02. The van der Waals surface area contributed by atoms with Crippen LogP contribution in [0.1, 0.15) is 26.3 Å². The van der Waals surface area contributed by atoms with E-state index in [1.54, 1.807) is 0 Å². The van der Waals surface area contributed by atoms with Crippen molar-refractivity contribution < 1.29 is 4.74 Å². The van der Waals surface area contributed by atoms with Gasteiger partial charge in [0.05, 0.1) is 0 Å². The lowest BCUT2D eigenvalue weighted by molar-refractivity contribution is 0.347. The molecule has 0 saturated carbocycles. The van der Waals surface area contributed by atoms with Crippen LogP contribution in [0.15, 0.2) is 60.8 Å². The monoisotopic (exact) mass is 345 g/mol. The molecule has 0 bridgehead atoms. The third-order valence-electron chi connectivity index (χ3n) is 4.02. The Balaban J connectivity index is 1.89. The van der Waals surface area contributed by atoms with Crippen molar-refractivity contribution in [3.05, 3.63) is 66.4 Å². The van der Waals surface area contributed by atoms with Crippen LogP contribution in [0.3, 0.4) is 0 Å². The van der Waals surface area contributed by atoms with E-state index in [4.69, 9.17) is 10.5 Å². The van der Waals surface area contributed by atoms with Crippen LogP contribution in [0.4, 0.5) is 5.82 Å². The van der Waals surface area contributed by atoms with Crippen LogP contribution < -0.4 is 10.5 Å². The Bertz CT molecular complexity index is 927. The minimum absolute atomic E-state index is 0.0739. The van der Waals surface area contributed by atoms with Crippen LogP contribution in [-0.2, 0) is 6.54 Å². The summed E-state index contributed by atoms with van der Waals surface area (Å²) in [7, 11) is 0. The summed E-state index contributed by atoms with van der Waals surface area (Å²) in [4.78, 5) is 0. The molecule has 0 aliphatic rings. The predicted molar refractivity (Wildman–Crippen MR) is 105 cm³/mol. The molecule has 2 N–H and O–H groups in total. The molecule has 0 saturated heterocycles. The van der Waals surface area contributed by atoms with Gasteiger partial charge in [-0.3, -0.25) is 0 Å². The van der Waals surface area contributed by atoms with E-state index in [1.165, 1.54) is 0 Å². The molecular formula is C22H23N3O. The number of hydrogen-bond acceptors (Lipinski definition) is 3. The number of nitrogens with two attached hydrogens (primary N) is 1. The van der Waals surface area contributed by atoms with E-state index in [-0.39, 0.29) is 5.41 Å². The van der Waals surface area contributed by atoms with Crippen molar-refractivity contribution in [3.8, 4) is 28.7 Å². The number of ether oxygens (including phenoxy) is 1. The molecule has 0 fully saturated rings. The van der Waals surface area contributed by atoms with Gasteiger partial charge in [-0.05, 0) is 35.2 Å². The highest BCUT2D eigenvalue weighted by Crippen LogP contribution is 2.33. The summed E-state index contributed by atoms with van der Waals surface area (Å²) >= 11 is 0. The summed E-state index contributed by atoms with van der Waals surface area (Å²) in [6.07, 6.45) is 1.96. The zero-order valence-electron chi connectivity index (χ0n) is 15.4. The standard InChI is InChI=1S/C22H23N3O/c1-22(2,3)15-25-14-20(19(13-23)21(25)24)16-9-11-18(12-10-16)26-17-7-5-4-6-8-17/h4-12,14H,15,24H2,1-3H3. The van der Waals surface area contributed by atoms with Gasteiger partial charge in [0.1, 0.15) is 28.9 Å². The summed E-state index contributed by atoms with van der Waals surface area (Å²) in [6, 6.07) is 19.6. The molecule has 3 rings (SSSR count). The molecule has 0 amide bonds.